The molecule has 198 valence electrons. The summed E-state index contributed by atoms with van der Waals surface area (Å²) in [5.41, 5.74) is 5.96. The molecule has 2 heterocycles. The Morgan fingerprint density at radius 2 is 2.03 bits per heavy atom. The number of halogens is 2. The van der Waals surface area contributed by atoms with Crippen LogP contribution in [0.3, 0.4) is 0 Å². The monoisotopic (exact) mass is 543 g/mol. The second kappa shape index (κ2) is 9.62. The van der Waals surface area contributed by atoms with Gasteiger partial charge in [-0.15, -0.1) is 0 Å². The van der Waals surface area contributed by atoms with Crippen molar-refractivity contribution in [3.63, 3.8) is 0 Å². The molecule has 0 saturated heterocycles. The summed E-state index contributed by atoms with van der Waals surface area (Å²) in [6, 6.07) is 2.05. The van der Waals surface area contributed by atoms with E-state index in [9.17, 15) is 22.0 Å². The zero-order valence-corrected chi connectivity index (χ0v) is 21.9. The molecule has 2 saturated carbocycles. The number of ketones is 1. The largest absolute Gasteiger partial charge is 0.488 e. The lowest BCUT2D eigenvalue weighted by Crippen LogP contribution is -2.42. The molecule has 3 atom stereocenters. The summed E-state index contributed by atoms with van der Waals surface area (Å²) in [4.78, 5) is 14.9. The molecule has 2 unspecified atom stereocenters. The molecule has 4 N–H and O–H groups in total. The van der Waals surface area contributed by atoms with Gasteiger partial charge in [0.2, 0.25) is 0 Å². The minimum absolute atomic E-state index is 0.0152. The second-order valence-electron chi connectivity index (χ2n) is 10.4. The number of fused-ring (bicyclic) bond motifs is 3. The van der Waals surface area contributed by atoms with Gasteiger partial charge in [0.15, 0.2) is 16.3 Å². The van der Waals surface area contributed by atoms with Gasteiger partial charge in [0.25, 0.3) is 10.1 Å². The third-order valence-corrected chi connectivity index (χ3v) is 9.36. The van der Waals surface area contributed by atoms with Crippen molar-refractivity contribution in [3.05, 3.63) is 46.0 Å². The normalized spacial score (nSPS) is 26.2. The van der Waals surface area contributed by atoms with Crippen LogP contribution in [0.4, 0.5) is 8.78 Å². The van der Waals surface area contributed by atoms with E-state index in [4.69, 9.17) is 27.2 Å². The topological polar surface area (TPSA) is 127 Å². The summed E-state index contributed by atoms with van der Waals surface area (Å²) < 4.78 is 66.0. The first-order valence-electron chi connectivity index (χ1n) is 11.9. The Hall–Kier alpha value is -2.15. The highest BCUT2D eigenvalue weighted by Crippen LogP contribution is 2.64. The van der Waals surface area contributed by atoms with Gasteiger partial charge in [-0.05, 0) is 49.0 Å². The van der Waals surface area contributed by atoms with Crippen molar-refractivity contribution >= 4 is 28.1 Å². The van der Waals surface area contributed by atoms with E-state index in [0.717, 1.165) is 18.2 Å². The molecular formula is C24H31F2N3O5S2. The van der Waals surface area contributed by atoms with E-state index in [1.807, 2.05) is 24.6 Å². The number of carbonyl (C=O) groups excluding carboxylic acids is 1. The number of imidazole rings is 1. The van der Waals surface area contributed by atoms with Crippen molar-refractivity contribution in [1.29, 1.82) is 0 Å². The smallest absolute Gasteiger partial charge is 0.265 e. The van der Waals surface area contributed by atoms with E-state index in [2.05, 4.69) is 4.98 Å². The number of hydrogen-bond acceptors (Lipinski definition) is 6. The quantitative estimate of drug-likeness (QED) is 0.387. The minimum Gasteiger partial charge on any atom is -0.488 e. The number of aromatic nitrogens is 2. The van der Waals surface area contributed by atoms with Crippen molar-refractivity contribution in [1.82, 2.24) is 9.55 Å². The number of nitrogens with one attached hydrogen (secondary N) is 1. The highest BCUT2D eigenvalue weighted by molar-refractivity contribution is 7.85. The predicted octanol–water partition coefficient (Wildman–Crippen LogP) is 3.77. The number of H-pyrrole nitrogens is 1. The SMILES string of the molecule is CC1(C)C2CCC1(CS(=O)(=O)O)C(=O)C2.NCCc1c[nH]c(=S)n1[C@H]1COc2c(F)cc(F)cc2C1. The number of nitrogens with two attached hydrogens (primary N) is 1. The molecule has 2 aliphatic carbocycles. The van der Waals surface area contributed by atoms with Crippen LogP contribution in [-0.2, 0) is 27.8 Å². The van der Waals surface area contributed by atoms with E-state index in [1.54, 1.807) is 0 Å². The average Bonchev–Trinajstić information content (AvgIpc) is 3.30. The molecule has 0 spiro atoms. The standard InChI is InChI=1S/C14H15F2N3OS.C10H16O4S/c15-9-3-8-4-11(7-20-13(8)12(16)5-9)19-10(1-2-17)6-18-14(19)21;1-9(2)7-3-4-10(9,8(11)5-7)6-15(12,13)14/h3,5-6,11H,1-2,4,7,17H2,(H,18,21);7H,3-6H2,1-2H3,(H,12,13,14)/t11-;/m1./s1. The maximum atomic E-state index is 13.7. The van der Waals surface area contributed by atoms with Crippen molar-refractivity contribution in [2.24, 2.45) is 22.5 Å². The molecule has 2 bridgehead atoms. The molecule has 2 aromatic rings. The number of benzene rings is 1. The van der Waals surface area contributed by atoms with Gasteiger partial charge in [0, 0.05) is 42.8 Å². The Labute approximate surface area is 214 Å². The minimum atomic E-state index is -4.08. The molecule has 12 heteroatoms. The maximum Gasteiger partial charge on any atom is 0.265 e. The molecule has 0 amide bonds. The molecular weight excluding hydrogens is 512 g/mol. The van der Waals surface area contributed by atoms with Gasteiger partial charge in [0.05, 0.1) is 17.2 Å². The van der Waals surface area contributed by atoms with Crippen LogP contribution in [0.1, 0.15) is 50.4 Å². The molecule has 2 fully saturated rings. The molecule has 1 aliphatic heterocycles. The lowest BCUT2D eigenvalue weighted by molar-refractivity contribution is -0.128. The number of hydrogen-bond donors (Lipinski definition) is 3. The first kappa shape index (κ1) is 26.9. The zero-order valence-electron chi connectivity index (χ0n) is 20.2. The number of nitrogens with zero attached hydrogens (tertiary/aromatic N) is 1. The molecule has 5 rings (SSSR count). The van der Waals surface area contributed by atoms with Crippen LogP contribution in [0.25, 0.3) is 0 Å². The van der Waals surface area contributed by atoms with Gasteiger partial charge in [-0.2, -0.15) is 8.42 Å². The van der Waals surface area contributed by atoms with Crippen molar-refractivity contribution in [2.75, 3.05) is 18.9 Å². The fourth-order valence-corrected chi connectivity index (χ4v) is 7.79. The maximum absolute atomic E-state index is 13.7. The number of rotatable bonds is 5. The Balaban J connectivity index is 0.000000179. The predicted molar refractivity (Wildman–Crippen MR) is 132 cm³/mol. The Morgan fingerprint density at radius 3 is 2.61 bits per heavy atom. The molecule has 8 nitrogen and oxygen atoms in total. The van der Waals surface area contributed by atoms with Crippen LogP contribution in [0.2, 0.25) is 0 Å². The van der Waals surface area contributed by atoms with Crippen molar-refractivity contribution in [2.45, 2.75) is 52.0 Å². The van der Waals surface area contributed by atoms with E-state index in [-0.39, 0.29) is 28.9 Å². The van der Waals surface area contributed by atoms with Gasteiger partial charge in [-0.25, -0.2) is 8.78 Å². The summed E-state index contributed by atoms with van der Waals surface area (Å²) in [5, 5.41) is 0. The Kier molecular flexibility index (Phi) is 7.19. The first-order valence-corrected chi connectivity index (χ1v) is 13.9. The number of aromatic amines is 1. The highest BCUT2D eigenvalue weighted by Gasteiger charge is 2.65. The van der Waals surface area contributed by atoms with Crippen LogP contribution in [-0.4, -0.2) is 47.2 Å². The third kappa shape index (κ3) is 4.75. The number of Topliss-reactive ketones (excluding diaryl/α,β-unsaturated/α-hetero) is 1. The summed E-state index contributed by atoms with van der Waals surface area (Å²) in [5.74, 6) is -1.23. The summed E-state index contributed by atoms with van der Waals surface area (Å²) in [6.07, 6.45) is 4.93. The van der Waals surface area contributed by atoms with Gasteiger partial charge < -0.3 is 20.0 Å². The van der Waals surface area contributed by atoms with Gasteiger partial charge in [-0.1, -0.05) is 13.8 Å². The van der Waals surface area contributed by atoms with Crippen LogP contribution in [0.15, 0.2) is 18.3 Å². The van der Waals surface area contributed by atoms with Crippen molar-refractivity contribution < 1.29 is 31.3 Å². The van der Waals surface area contributed by atoms with Crippen molar-refractivity contribution in [3.8, 4) is 5.75 Å². The van der Waals surface area contributed by atoms with Gasteiger partial charge in [-0.3, -0.25) is 9.35 Å². The second-order valence-corrected chi connectivity index (χ2v) is 12.3. The van der Waals surface area contributed by atoms with E-state index in [0.29, 0.717) is 49.2 Å². The summed E-state index contributed by atoms with van der Waals surface area (Å²) >= 11 is 5.28. The van der Waals surface area contributed by atoms with Gasteiger partial charge >= 0.3 is 0 Å². The van der Waals surface area contributed by atoms with Gasteiger partial charge in [0.1, 0.15) is 18.2 Å². The summed E-state index contributed by atoms with van der Waals surface area (Å²) in [7, 11) is -4.08. The lowest BCUT2D eigenvalue weighted by Gasteiger charge is -2.35. The summed E-state index contributed by atoms with van der Waals surface area (Å²) in [6.45, 7) is 4.68. The van der Waals surface area contributed by atoms with E-state index in [1.165, 1.54) is 6.07 Å². The number of carbonyl (C=O) groups is 1. The fourth-order valence-electron chi connectivity index (χ4n) is 6.16. The molecule has 1 aromatic carbocycles. The third-order valence-electron chi connectivity index (χ3n) is 8.18. The fraction of sp³-hybridized carbons (Fsp3) is 0.583. The van der Waals surface area contributed by atoms with Crippen LogP contribution >= 0.6 is 12.2 Å². The molecule has 1 aromatic heterocycles. The first-order chi connectivity index (χ1) is 16.8. The van der Waals surface area contributed by atoms with Crippen LogP contribution in [0, 0.1) is 33.2 Å². The molecule has 36 heavy (non-hydrogen) atoms. The Bertz CT molecular complexity index is 1340. The van der Waals surface area contributed by atoms with E-state index < -0.39 is 32.9 Å². The van der Waals surface area contributed by atoms with E-state index >= 15 is 0 Å². The van der Waals surface area contributed by atoms with Crippen LogP contribution in [0.5, 0.6) is 5.75 Å². The highest BCUT2D eigenvalue weighted by atomic mass is 32.2. The molecule has 0 radical (unpaired) electrons. The Morgan fingerprint density at radius 1 is 1.31 bits per heavy atom. The lowest BCUT2D eigenvalue weighted by atomic mass is 9.70. The number of ether oxygens (including phenoxy) is 1. The molecule has 3 aliphatic rings. The van der Waals surface area contributed by atoms with Crippen LogP contribution < -0.4 is 10.5 Å². The average molecular weight is 544 g/mol. The zero-order chi connectivity index (χ0) is 26.5.